The Morgan fingerprint density at radius 2 is 2.10 bits per heavy atom. The van der Waals surface area contributed by atoms with E-state index in [2.05, 4.69) is 15.6 Å². The normalized spacial score (nSPS) is 10.2. The van der Waals surface area contributed by atoms with Crippen molar-refractivity contribution in [2.75, 3.05) is 10.6 Å². The molecule has 2 heterocycles. The van der Waals surface area contributed by atoms with E-state index in [0.29, 0.717) is 16.4 Å². The van der Waals surface area contributed by atoms with E-state index in [1.165, 1.54) is 13.1 Å². The fourth-order valence-corrected chi connectivity index (χ4v) is 1.97. The van der Waals surface area contributed by atoms with Crippen molar-refractivity contribution >= 4 is 34.9 Å². The lowest BCUT2D eigenvalue weighted by molar-refractivity contribution is -0.114. The number of amides is 2. The number of rotatable bonds is 3. The van der Waals surface area contributed by atoms with Gasteiger partial charge in [0.2, 0.25) is 5.91 Å². The Morgan fingerprint density at radius 1 is 1.35 bits per heavy atom. The SMILES string of the molecule is CC(=O)Nc1cccnc1NC(=O)c1cc(Cl)cn1C. The average molecular weight is 293 g/mol. The molecule has 0 atom stereocenters. The van der Waals surface area contributed by atoms with E-state index >= 15 is 0 Å². The molecule has 0 radical (unpaired) electrons. The first-order chi connectivity index (χ1) is 9.47. The number of nitrogens with zero attached hydrogens (tertiary/aromatic N) is 2. The quantitative estimate of drug-likeness (QED) is 0.911. The Morgan fingerprint density at radius 3 is 2.70 bits per heavy atom. The number of pyridine rings is 1. The number of hydrogen-bond donors (Lipinski definition) is 2. The molecule has 2 rings (SSSR count). The Balaban J connectivity index is 2.24. The van der Waals surface area contributed by atoms with Gasteiger partial charge >= 0.3 is 0 Å². The van der Waals surface area contributed by atoms with Crippen molar-refractivity contribution in [3.8, 4) is 0 Å². The molecule has 0 spiro atoms. The summed E-state index contributed by atoms with van der Waals surface area (Å²) < 4.78 is 1.61. The van der Waals surface area contributed by atoms with E-state index in [9.17, 15) is 9.59 Å². The summed E-state index contributed by atoms with van der Waals surface area (Å²) in [5.41, 5.74) is 0.836. The highest BCUT2D eigenvalue weighted by Gasteiger charge is 2.14. The van der Waals surface area contributed by atoms with Crippen LogP contribution in [-0.4, -0.2) is 21.4 Å². The smallest absolute Gasteiger partial charge is 0.273 e. The third-order valence-electron chi connectivity index (χ3n) is 2.55. The van der Waals surface area contributed by atoms with Crippen LogP contribution in [0, 0.1) is 0 Å². The van der Waals surface area contributed by atoms with Crippen LogP contribution in [0.25, 0.3) is 0 Å². The molecule has 0 aliphatic heterocycles. The Labute approximate surface area is 120 Å². The maximum atomic E-state index is 12.1. The van der Waals surface area contributed by atoms with E-state index < -0.39 is 0 Å². The van der Waals surface area contributed by atoms with Crippen molar-refractivity contribution in [1.82, 2.24) is 9.55 Å². The van der Waals surface area contributed by atoms with Gasteiger partial charge in [-0.25, -0.2) is 4.98 Å². The van der Waals surface area contributed by atoms with E-state index in [0.717, 1.165) is 0 Å². The van der Waals surface area contributed by atoms with Gasteiger partial charge in [0.25, 0.3) is 5.91 Å². The Hall–Kier alpha value is -2.34. The van der Waals surface area contributed by atoms with E-state index in [-0.39, 0.29) is 17.6 Å². The predicted molar refractivity (Wildman–Crippen MR) is 76.9 cm³/mol. The monoisotopic (exact) mass is 292 g/mol. The van der Waals surface area contributed by atoms with Crippen molar-refractivity contribution < 1.29 is 9.59 Å². The van der Waals surface area contributed by atoms with Crippen LogP contribution in [0.1, 0.15) is 17.4 Å². The van der Waals surface area contributed by atoms with Crippen molar-refractivity contribution in [1.29, 1.82) is 0 Å². The summed E-state index contributed by atoms with van der Waals surface area (Å²) >= 11 is 5.84. The van der Waals surface area contributed by atoms with Gasteiger partial charge in [-0.15, -0.1) is 0 Å². The molecule has 2 N–H and O–H groups in total. The molecule has 0 aliphatic rings. The van der Waals surface area contributed by atoms with Gasteiger partial charge in [0.1, 0.15) is 5.69 Å². The van der Waals surface area contributed by atoms with Gasteiger partial charge < -0.3 is 15.2 Å². The minimum atomic E-state index is -0.357. The second kappa shape index (κ2) is 5.75. The fraction of sp³-hybridized carbons (Fsp3) is 0.154. The zero-order valence-electron chi connectivity index (χ0n) is 11.0. The van der Waals surface area contributed by atoms with Crippen LogP contribution >= 0.6 is 11.6 Å². The summed E-state index contributed by atoms with van der Waals surface area (Å²) in [5, 5.41) is 5.72. The van der Waals surface area contributed by atoms with Gasteiger partial charge in [0, 0.05) is 26.4 Å². The summed E-state index contributed by atoms with van der Waals surface area (Å²) in [6.07, 6.45) is 3.16. The molecule has 0 aromatic carbocycles. The Bertz CT molecular complexity index is 666. The minimum Gasteiger partial charge on any atom is -0.345 e. The molecule has 0 saturated carbocycles. The van der Waals surface area contributed by atoms with E-state index in [4.69, 9.17) is 11.6 Å². The summed E-state index contributed by atoms with van der Waals surface area (Å²) in [4.78, 5) is 27.3. The van der Waals surface area contributed by atoms with Crippen LogP contribution in [0.3, 0.4) is 0 Å². The lowest BCUT2D eigenvalue weighted by Crippen LogP contribution is -2.18. The summed E-state index contributed by atoms with van der Waals surface area (Å²) in [5.74, 6) is -0.315. The fourth-order valence-electron chi connectivity index (χ4n) is 1.72. The number of anilines is 2. The van der Waals surface area contributed by atoms with Crippen LogP contribution in [0.5, 0.6) is 0 Å². The molecule has 0 bridgehead atoms. The molecular weight excluding hydrogens is 280 g/mol. The van der Waals surface area contributed by atoms with Gasteiger partial charge in [-0.1, -0.05) is 11.6 Å². The summed E-state index contributed by atoms with van der Waals surface area (Å²) in [6.45, 7) is 1.38. The van der Waals surface area contributed by atoms with Gasteiger partial charge in [0.05, 0.1) is 10.7 Å². The number of hydrogen-bond acceptors (Lipinski definition) is 3. The van der Waals surface area contributed by atoms with E-state index in [1.807, 2.05) is 0 Å². The second-order valence-electron chi connectivity index (χ2n) is 4.19. The zero-order chi connectivity index (χ0) is 14.7. The maximum Gasteiger partial charge on any atom is 0.273 e. The summed E-state index contributed by atoms with van der Waals surface area (Å²) in [6, 6.07) is 4.88. The van der Waals surface area contributed by atoms with Crippen LogP contribution in [0.15, 0.2) is 30.6 Å². The molecule has 2 amide bonds. The lowest BCUT2D eigenvalue weighted by atomic mass is 10.3. The third kappa shape index (κ3) is 3.16. The number of halogens is 1. The van der Waals surface area contributed by atoms with Gasteiger partial charge in [-0.3, -0.25) is 9.59 Å². The molecule has 2 aromatic rings. The predicted octanol–water partition coefficient (Wildman–Crippen LogP) is 2.28. The second-order valence-corrected chi connectivity index (χ2v) is 4.63. The number of aromatic nitrogens is 2. The molecule has 0 saturated heterocycles. The standard InChI is InChI=1S/C13H13ClN4O2/c1-8(19)16-10-4-3-5-15-12(10)17-13(20)11-6-9(14)7-18(11)2/h3-7H,1-2H3,(H,16,19)(H,15,17,20). The van der Waals surface area contributed by atoms with Gasteiger partial charge in [-0.05, 0) is 18.2 Å². The van der Waals surface area contributed by atoms with Crippen LogP contribution in [0.4, 0.5) is 11.5 Å². The van der Waals surface area contributed by atoms with Crippen LogP contribution < -0.4 is 10.6 Å². The van der Waals surface area contributed by atoms with Crippen molar-refractivity contribution in [3.05, 3.63) is 41.3 Å². The molecule has 104 valence electrons. The number of carbonyl (C=O) groups excluding carboxylic acids is 2. The van der Waals surface area contributed by atoms with Crippen molar-refractivity contribution in [2.24, 2.45) is 7.05 Å². The molecule has 6 nitrogen and oxygen atoms in total. The van der Waals surface area contributed by atoms with Gasteiger partial charge in [-0.2, -0.15) is 0 Å². The highest BCUT2D eigenvalue weighted by Crippen LogP contribution is 2.20. The first-order valence-corrected chi connectivity index (χ1v) is 6.21. The number of aryl methyl sites for hydroxylation is 1. The summed E-state index contributed by atoms with van der Waals surface area (Å²) in [7, 11) is 1.72. The third-order valence-corrected chi connectivity index (χ3v) is 2.76. The topological polar surface area (TPSA) is 76.0 Å². The Kier molecular flexibility index (Phi) is 4.05. The van der Waals surface area contributed by atoms with Gasteiger partial charge in [0.15, 0.2) is 5.82 Å². The average Bonchev–Trinajstić information content (AvgIpc) is 2.70. The number of carbonyl (C=O) groups is 2. The highest BCUT2D eigenvalue weighted by atomic mass is 35.5. The molecule has 0 fully saturated rings. The molecule has 7 heteroatoms. The minimum absolute atomic E-state index is 0.240. The van der Waals surface area contributed by atoms with Crippen molar-refractivity contribution in [3.63, 3.8) is 0 Å². The lowest BCUT2D eigenvalue weighted by Gasteiger charge is -2.10. The van der Waals surface area contributed by atoms with Crippen LogP contribution in [-0.2, 0) is 11.8 Å². The van der Waals surface area contributed by atoms with Crippen molar-refractivity contribution in [2.45, 2.75) is 6.92 Å². The zero-order valence-corrected chi connectivity index (χ0v) is 11.7. The van der Waals surface area contributed by atoms with E-state index in [1.54, 1.807) is 36.0 Å². The first-order valence-electron chi connectivity index (χ1n) is 5.83. The molecule has 2 aromatic heterocycles. The molecule has 20 heavy (non-hydrogen) atoms. The largest absolute Gasteiger partial charge is 0.345 e. The molecular formula is C13H13ClN4O2. The first kappa shape index (κ1) is 14.1. The van der Waals surface area contributed by atoms with Crippen LogP contribution in [0.2, 0.25) is 5.02 Å². The number of nitrogens with one attached hydrogen (secondary N) is 2. The highest BCUT2D eigenvalue weighted by molar-refractivity contribution is 6.31. The molecule has 0 unspecified atom stereocenters. The maximum absolute atomic E-state index is 12.1. The molecule has 0 aliphatic carbocycles.